The Hall–Kier alpha value is -5.14. The van der Waals surface area contributed by atoms with Gasteiger partial charge in [-0.1, -0.05) is 5.16 Å². The maximum atomic E-state index is 13.1. The van der Waals surface area contributed by atoms with Crippen LogP contribution in [-0.2, 0) is 17.9 Å². The van der Waals surface area contributed by atoms with Crippen LogP contribution in [0.5, 0.6) is 17.2 Å². The van der Waals surface area contributed by atoms with Gasteiger partial charge in [0, 0.05) is 30.6 Å². The third-order valence-electron chi connectivity index (χ3n) is 5.87. The highest BCUT2D eigenvalue weighted by Crippen LogP contribution is 2.38. The van der Waals surface area contributed by atoms with Gasteiger partial charge in [-0.15, -0.1) is 0 Å². The first kappa shape index (κ1) is 24.5. The minimum Gasteiger partial charge on any atom is -0.496 e. The Bertz CT molecular complexity index is 1440. The molecular formula is C24H24N8O6. The maximum absolute atomic E-state index is 13.1. The monoisotopic (exact) mass is 520 g/mol. The van der Waals surface area contributed by atoms with Crippen LogP contribution in [0.2, 0.25) is 0 Å². The standard InChI is InChI=1S/C24H24N8O6/c1-35-13-7-17(36-2)15(18(8-13)37-3)11-32-19(33)10-27-20-21(29-12-30-23(20)32)24(34)28-9-14-6-16(31-38-14)22-25-4-5-26-22/h4-8,12,27H,9-11H2,1-3H3,(H,25,26)(H,28,34). The topological polar surface area (TPSA) is 170 Å². The van der Waals surface area contributed by atoms with Crippen molar-refractivity contribution in [1.82, 2.24) is 30.4 Å². The number of carbonyl (C=O) groups excluding carboxylic acids is 2. The number of anilines is 2. The van der Waals surface area contributed by atoms with Gasteiger partial charge in [-0.05, 0) is 0 Å². The number of hydrogen-bond acceptors (Lipinski definition) is 11. The van der Waals surface area contributed by atoms with Gasteiger partial charge in [0.05, 0.1) is 46.5 Å². The normalized spacial score (nSPS) is 12.5. The van der Waals surface area contributed by atoms with Crippen molar-refractivity contribution in [2.24, 2.45) is 0 Å². The van der Waals surface area contributed by atoms with Crippen LogP contribution in [-0.4, -0.2) is 64.8 Å². The van der Waals surface area contributed by atoms with Crippen LogP contribution >= 0.6 is 0 Å². The van der Waals surface area contributed by atoms with Crippen LogP contribution in [0, 0.1) is 0 Å². The van der Waals surface area contributed by atoms with Crippen LogP contribution in [0.3, 0.4) is 0 Å². The van der Waals surface area contributed by atoms with E-state index in [4.69, 9.17) is 18.7 Å². The minimum atomic E-state index is -0.485. The van der Waals surface area contributed by atoms with Gasteiger partial charge in [0.2, 0.25) is 5.91 Å². The van der Waals surface area contributed by atoms with E-state index in [9.17, 15) is 9.59 Å². The van der Waals surface area contributed by atoms with Gasteiger partial charge < -0.3 is 34.4 Å². The molecule has 0 aliphatic carbocycles. The third kappa shape index (κ3) is 4.66. The van der Waals surface area contributed by atoms with E-state index in [2.05, 4.69) is 35.7 Å². The van der Waals surface area contributed by atoms with E-state index in [1.54, 1.807) is 30.6 Å². The van der Waals surface area contributed by atoms with E-state index in [-0.39, 0.29) is 37.1 Å². The lowest BCUT2D eigenvalue weighted by Crippen LogP contribution is -2.41. The van der Waals surface area contributed by atoms with Crippen molar-refractivity contribution in [1.29, 1.82) is 0 Å². The molecule has 0 atom stereocenters. The van der Waals surface area contributed by atoms with Crippen molar-refractivity contribution in [3.8, 4) is 28.8 Å². The molecule has 3 N–H and O–H groups in total. The number of carbonyl (C=O) groups is 2. The fraction of sp³-hybridized carbons (Fsp3) is 0.250. The molecule has 4 heterocycles. The highest BCUT2D eigenvalue weighted by Gasteiger charge is 2.31. The van der Waals surface area contributed by atoms with E-state index in [1.807, 2.05) is 0 Å². The first-order valence-electron chi connectivity index (χ1n) is 11.4. The zero-order valence-corrected chi connectivity index (χ0v) is 20.8. The molecule has 1 aromatic carbocycles. The number of H-pyrrole nitrogens is 1. The molecule has 0 radical (unpaired) electrons. The highest BCUT2D eigenvalue weighted by atomic mass is 16.5. The van der Waals surface area contributed by atoms with E-state index in [0.29, 0.717) is 45.8 Å². The summed E-state index contributed by atoms with van der Waals surface area (Å²) in [6.07, 6.45) is 4.50. The van der Waals surface area contributed by atoms with Crippen molar-refractivity contribution in [2.75, 3.05) is 38.1 Å². The van der Waals surface area contributed by atoms with Gasteiger partial charge in [0.1, 0.15) is 35.0 Å². The zero-order valence-electron chi connectivity index (χ0n) is 20.8. The van der Waals surface area contributed by atoms with E-state index in [0.717, 1.165) is 0 Å². The average Bonchev–Trinajstić information content (AvgIpc) is 3.65. The van der Waals surface area contributed by atoms with Crippen molar-refractivity contribution in [3.63, 3.8) is 0 Å². The molecule has 0 saturated carbocycles. The first-order chi connectivity index (χ1) is 18.5. The number of nitrogens with one attached hydrogen (secondary N) is 3. The van der Waals surface area contributed by atoms with Gasteiger partial charge in [0.25, 0.3) is 5.91 Å². The Morgan fingerprint density at radius 2 is 1.89 bits per heavy atom. The molecule has 14 heteroatoms. The number of amides is 2. The van der Waals surface area contributed by atoms with Gasteiger partial charge >= 0.3 is 0 Å². The second-order valence-electron chi connectivity index (χ2n) is 8.06. The minimum absolute atomic E-state index is 0.0595. The van der Waals surface area contributed by atoms with Gasteiger partial charge in [-0.3, -0.25) is 14.5 Å². The number of fused-ring (bicyclic) bond motifs is 1. The van der Waals surface area contributed by atoms with Crippen LogP contribution in [0.4, 0.5) is 11.5 Å². The number of ether oxygens (including phenoxy) is 3. The molecule has 38 heavy (non-hydrogen) atoms. The first-order valence-corrected chi connectivity index (χ1v) is 11.4. The van der Waals surface area contributed by atoms with Crippen molar-refractivity contribution in [3.05, 3.63) is 53.9 Å². The predicted molar refractivity (Wildman–Crippen MR) is 133 cm³/mol. The molecule has 0 unspecified atom stereocenters. The number of aromatic amines is 1. The Kier molecular flexibility index (Phi) is 6.76. The number of benzene rings is 1. The molecule has 2 amide bonds. The molecule has 1 aliphatic heterocycles. The summed E-state index contributed by atoms with van der Waals surface area (Å²) in [6.45, 7) is 0.0831. The van der Waals surface area contributed by atoms with E-state index in [1.165, 1.54) is 32.6 Å². The molecule has 3 aromatic heterocycles. The number of rotatable bonds is 9. The Balaban J connectivity index is 1.38. The highest BCUT2D eigenvalue weighted by molar-refractivity contribution is 6.07. The van der Waals surface area contributed by atoms with Gasteiger partial charge in [-0.2, -0.15) is 0 Å². The molecule has 0 spiro atoms. The smallest absolute Gasteiger partial charge is 0.272 e. The quantitative estimate of drug-likeness (QED) is 0.294. The second kappa shape index (κ2) is 10.5. The number of imidazole rings is 1. The number of aromatic nitrogens is 5. The van der Waals surface area contributed by atoms with Crippen LogP contribution < -0.4 is 29.7 Å². The summed E-state index contributed by atoms with van der Waals surface area (Å²) in [5, 5.41) is 9.67. The lowest BCUT2D eigenvalue weighted by atomic mass is 10.1. The largest absolute Gasteiger partial charge is 0.496 e. The summed E-state index contributed by atoms with van der Waals surface area (Å²) in [5.41, 5.74) is 1.52. The third-order valence-corrected chi connectivity index (χ3v) is 5.87. The zero-order chi connectivity index (χ0) is 26.6. The molecule has 1 aliphatic rings. The number of hydrogen-bond donors (Lipinski definition) is 3. The SMILES string of the molecule is COc1cc(OC)c(CN2C(=O)CNc3c(C(=O)NCc4cc(-c5ncc[nH]5)no4)ncnc32)c(OC)c1. The van der Waals surface area contributed by atoms with Gasteiger partial charge in [0.15, 0.2) is 23.1 Å². The number of nitrogens with zero attached hydrogens (tertiary/aromatic N) is 5. The average molecular weight is 521 g/mol. The molecule has 4 aromatic rings. The predicted octanol–water partition coefficient (Wildman–Crippen LogP) is 1.77. The lowest BCUT2D eigenvalue weighted by Gasteiger charge is -2.30. The summed E-state index contributed by atoms with van der Waals surface area (Å²) >= 11 is 0. The summed E-state index contributed by atoms with van der Waals surface area (Å²) in [6, 6.07) is 5.07. The molecule has 14 nitrogen and oxygen atoms in total. The van der Waals surface area contributed by atoms with E-state index >= 15 is 0 Å². The van der Waals surface area contributed by atoms with Crippen LogP contribution in [0.1, 0.15) is 21.8 Å². The lowest BCUT2D eigenvalue weighted by molar-refractivity contribution is -0.117. The summed E-state index contributed by atoms with van der Waals surface area (Å²) in [4.78, 5) is 43.0. The van der Waals surface area contributed by atoms with Crippen LogP contribution in [0.25, 0.3) is 11.5 Å². The maximum Gasteiger partial charge on any atom is 0.272 e. The molecule has 0 saturated heterocycles. The van der Waals surface area contributed by atoms with E-state index < -0.39 is 5.91 Å². The summed E-state index contributed by atoms with van der Waals surface area (Å²) in [5.74, 6) is 1.98. The summed E-state index contributed by atoms with van der Waals surface area (Å²) in [7, 11) is 4.57. The van der Waals surface area contributed by atoms with Crippen molar-refractivity contribution in [2.45, 2.75) is 13.1 Å². The molecule has 0 fully saturated rings. The molecule has 196 valence electrons. The Morgan fingerprint density at radius 3 is 2.58 bits per heavy atom. The Morgan fingerprint density at radius 1 is 1.11 bits per heavy atom. The van der Waals surface area contributed by atoms with Crippen LogP contribution in [0.15, 0.2) is 41.4 Å². The fourth-order valence-corrected chi connectivity index (χ4v) is 4.01. The second-order valence-corrected chi connectivity index (χ2v) is 8.06. The van der Waals surface area contributed by atoms with Crippen molar-refractivity contribution >= 4 is 23.3 Å². The Labute approximate surface area is 216 Å². The fourth-order valence-electron chi connectivity index (χ4n) is 4.01. The van der Waals surface area contributed by atoms with Crippen molar-refractivity contribution < 1.29 is 28.3 Å². The molecular weight excluding hydrogens is 496 g/mol. The number of methoxy groups -OCH3 is 3. The summed E-state index contributed by atoms with van der Waals surface area (Å²) < 4.78 is 21.6. The van der Waals surface area contributed by atoms with Gasteiger partial charge in [-0.25, -0.2) is 15.0 Å². The molecule has 0 bridgehead atoms. The molecule has 5 rings (SSSR count).